The van der Waals surface area contributed by atoms with E-state index in [2.05, 4.69) is 34.6 Å². The maximum absolute atomic E-state index is 2.36. The van der Waals surface area contributed by atoms with Crippen LogP contribution in [-0.2, 0) is 0 Å². The monoisotopic (exact) mass is 142 g/mol. The smallest absolute Gasteiger partial charge is 0.0417 e. The van der Waals surface area contributed by atoms with Crippen LogP contribution in [-0.4, -0.2) is 0 Å². The highest BCUT2D eigenvalue weighted by atomic mass is 14.2. The fourth-order valence-electron chi connectivity index (χ4n) is 1.07. The minimum absolute atomic E-state index is 0.856. The van der Waals surface area contributed by atoms with Crippen LogP contribution in [0.15, 0.2) is 0 Å². The molecule has 0 saturated heterocycles. The van der Waals surface area contributed by atoms with Gasteiger partial charge in [0.25, 0.3) is 0 Å². The van der Waals surface area contributed by atoms with Gasteiger partial charge in [-0.15, -0.1) is 0 Å². The van der Waals surface area contributed by atoms with Crippen molar-refractivity contribution in [2.24, 2.45) is 17.8 Å². The predicted molar refractivity (Wildman–Crippen MR) is 48.1 cm³/mol. The van der Waals surface area contributed by atoms with Crippen LogP contribution in [0, 0.1) is 17.8 Å². The number of hydrogen-bond donors (Lipinski definition) is 0. The molecule has 0 rings (SSSR count). The van der Waals surface area contributed by atoms with Crippen LogP contribution < -0.4 is 0 Å². The van der Waals surface area contributed by atoms with E-state index < -0.39 is 0 Å². The van der Waals surface area contributed by atoms with Crippen LogP contribution in [0.4, 0.5) is 0 Å². The van der Waals surface area contributed by atoms with E-state index in [1.807, 2.05) is 0 Å². The van der Waals surface area contributed by atoms with E-state index in [9.17, 15) is 0 Å². The minimum Gasteiger partial charge on any atom is -0.0651 e. The van der Waals surface area contributed by atoms with Crippen LogP contribution in [0.1, 0.15) is 47.5 Å². The molecule has 0 N–H and O–H groups in total. The summed E-state index contributed by atoms with van der Waals surface area (Å²) in [6, 6.07) is 0. The summed E-state index contributed by atoms with van der Waals surface area (Å²) in [5.41, 5.74) is 0. The van der Waals surface area contributed by atoms with Crippen molar-refractivity contribution in [2.45, 2.75) is 47.5 Å². The van der Waals surface area contributed by atoms with Gasteiger partial charge < -0.3 is 0 Å². The average Bonchev–Trinajstić information content (AvgIpc) is 1.87. The zero-order valence-electron chi connectivity index (χ0n) is 8.15. The lowest BCUT2D eigenvalue weighted by molar-refractivity contribution is 0.327. The van der Waals surface area contributed by atoms with E-state index in [0.29, 0.717) is 0 Å². The first-order valence-electron chi connectivity index (χ1n) is 4.57. The average molecular weight is 142 g/mol. The van der Waals surface area contributed by atoms with Crippen molar-refractivity contribution in [2.75, 3.05) is 0 Å². The van der Waals surface area contributed by atoms with Gasteiger partial charge in [0.15, 0.2) is 0 Å². The molecule has 0 aromatic heterocycles. The third-order valence-electron chi connectivity index (χ3n) is 2.61. The molecule has 2 atom stereocenters. The lowest BCUT2D eigenvalue weighted by Gasteiger charge is -2.18. The van der Waals surface area contributed by atoms with Gasteiger partial charge >= 0.3 is 0 Å². The van der Waals surface area contributed by atoms with Crippen molar-refractivity contribution in [3.63, 3.8) is 0 Å². The molecule has 0 aliphatic heterocycles. The lowest BCUT2D eigenvalue weighted by Crippen LogP contribution is -2.08. The molecule has 0 aromatic rings. The summed E-state index contributed by atoms with van der Waals surface area (Å²) in [6.45, 7) is 11.6. The quantitative estimate of drug-likeness (QED) is 0.561. The van der Waals surface area contributed by atoms with Crippen molar-refractivity contribution in [3.8, 4) is 0 Å². The molecule has 0 spiro atoms. The van der Waals surface area contributed by atoms with Gasteiger partial charge in [0.1, 0.15) is 0 Å². The summed E-state index contributed by atoms with van der Waals surface area (Å²) in [5, 5.41) is 0. The second kappa shape index (κ2) is 4.76. The van der Waals surface area contributed by atoms with E-state index >= 15 is 0 Å². The molecule has 0 fully saturated rings. The van der Waals surface area contributed by atoms with Crippen LogP contribution >= 0.6 is 0 Å². The van der Waals surface area contributed by atoms with Gasteiger partial charge in [0.2, 0.25) is 0 Å². The Balaban J connectivity index is 3.46. The minimum atomic E-state index is 0.856. The van der Waals surface area contributed by atoms with Gasteiger partial charge in [-0.05, 0) is 24.2 Å². The van der Waals surface area contributed by atoms with E-state index in [1.54, 1.807) is 0 Å². The van der Waals surface area contributed by atoms with E-state index in [1.165, 1.54) is 12.8 Å². The van der Waals surface area contributed by atoms with Crippen LogP contribution in [0.5, 0.6) is 0 Å². The Morgan fingerprint density at radius 2 is 1.50 bits per heavy atom. The topological polar surface area (TPSA) is 0 Å². The highest BCUT2D eigenvalue weighted by molar-refractivity contribution is 4.60. The maximum Gasteiger partial charge on any atom is -0.0417 e. The largest absolute Gasteiger partial charge is 0.0651 e. The summed E-state index contributed by atoms with van der Waals surface area (Å²) >= 11 is 0. The molecule has 0 bridgehead atoms. The normalized spacial score (nSPS) is 17.4. The lowest BCUT2D eigenvalue weighted by atomic mass is 9.88. The molecule has 0 amide bonds. The molecule has 0 nitrogen and oxygen atoms in total. The fourth-order valence-corrected chi connectivity index (χ4v) is 1.07. The summed E-state index contributed by atoms with van der Waals surface area (Å²) < 4.78 is 0. The van der Waals surface area contributed by atoms with Crippen molar-refractivity contribution in [1.29, 1.82) is 0 Å². The highest BCUT2D eigenvalue weighted by Gasteiger charge is 2.09. The van der Waals surface area contributed by atoms with Gasteiger partial charge in [-0.25, -0.2) is 0 Å². The zero-order valence-corrected chi connectivity index (χ0v) is 8.15. The molecule has 0 unspecified atom stereocenters. The molecule has 0 radical (unpaired) electrons. The molecule has 0 heteroatoms. The van der Waals surface area contributed by atoms with Crippen molar-refractivity contribution >= 4 is 0 Å². The van der Waals surface area contributed by atoms with E-state index in [-0.39, 0.29) is 0 Å². The van der Waals surface area contributed by atoms with Crippen molar-refractivity contribution < 1.29 is 0 Å². The third-order valence-corrected chi connectivity index (χ3v) is 2.61. The van der Waals surface area contributed by atoms with Crippen LogP contribution in [0.25, 0.3) is 0 Å². The standard InChI is InChI=1S/C10H22/c1-6-9(4)7-10(5)8(2)3/h8-10H,6-7H2,1-5H3/t9-,10+/m0/s1. The van der Waals surface area contributed by atoms with Gasteiger partial charge in [-0.2, -0.15) is 0 Å². The highest BCUT2D eigenvalue weighted by Crippen LogP contribution is 2.20. The van der Waals surface area contributed by atoms with Gasteiger partial charge in [-0.3, -0.25) is 0 Å². The predicted octanol–water partition coefficient (Wildman–Crippen LogP) is 3.71. The molecule has 10 heavy (non-hydrogen) atoms. The Kier molecular flexibility index (Phi) is 4.76. The summed E-state index contributed by atoms with van der Waals surface area (Å²) in [5.74, 6) is 2.67. The molecular formula is C10H22. The second-order valence-electron chi connectivity index (χ2n) is 3.97. The summed E-state index contributed by atoms with van der Waals surface area (Å²) in [4.78, 5) is 0. The number of rotatable bonds is 4. The molecule has 0 saturated carbocycles. The Morgan fingerprint density at radius 1 is 1.00 bits per heavy atom. The molecule has 0 aromatic carbocycles. The van der Waals surface area contributed by atoms with Gasteiger partial charge in [-0.1, -0.05) is 41.0 Å². The molecule has 0 heterocycles. The summed E-state index contributed by atoms with van der Waals surface area (Å²) in [7, 11) is 0. The molecule has 62 valence electrons. The first-order chi connectivity index (χ1) is 4.57. The van der Waals surface area contributed by atoms with Gasteiger partial charge in [0.05, 0.1) is 0 Å². The Morgan fingerprint density at radius 3 is 1.80 bits per heavy atom. The summed E-state index contributed by atoms with van der Waals surface area (Å²) in [6.07, 6.45) is 2.73. The van der Waals surface area contributed by atoms with Gasteiger partial charge in [0, 0.05) is 0 Å². The number of hydrogen-bond acceptors (Lipinski definition) is 0. The first kappa shape index (κ1) is 10.0. The molecule has 0 aliphatic carbocycles. The van der Waals surface area contributed by atoms with E-state index in [4.69, 9.17) is 0 Å². The van der Waals surface area contributed by atoms with Crippen LogP contribution in [0.2, 0.25) is 0 Å². The third kappa shape index (κ3) is 3.92. The first-order valence-corrected chi connectivity index (χ1v) is 4.57. The van der Waals surface area contributed by atoms with E-state index in [0.717, 1.165) is 17.8 Å². The fraction of sp³-hybridized carbons (Fsp3) is 1.00. The zero-order chi connectivity index (χ0) is 8.15. The second-order valence-corrected chi connectivity index (χ2v) is 3.97. The SMILES string of the molecule is CC[C@H](C)C[C@@H](C)C(C)C. The van der Waals surface area contributed by atoms with Crippen molar-refractivity contribution in [3.05, 3.63) is 0 Å². The maximum atomic E-state index is 2.36. The molecule has 0 aliphatic rings. The molecular weight excluding hydrogens is 120 g/mol. The van der Waals surface area contributed by atoms with Crippen molar-refractivity contribution in [1.82, 2.24) is 0 Å². The Bertz CT molecular complexity index is 74.1. The Labute approximate surface area is 66.0 Å². The Hall–Kier alpha value is 0. The van der Waals surface area contributed by atoms with Crippen LogP contribution in [0.3, 0.4) is 0 Å².